The zero-order valence-corrected chi connectivity index (χ0v) is 9.46. The quantitative estimate of drug-likeness (QED) is 0.638. The average molecular weight is 202 g/mol. The molecule has 13 heavy (non-hydrogen) atoms. The van der Waals surface area contributed by atoms with Gasteiger partial charge in [0.25, 0.3) is 0 Å². The van der Waals surface area contributed by atoms with Gasteiger partial charge in [0.1, 0.15) is 0 Å². The van der Waals surface area contributed by atoms with Crippen molar-refractivity contribution in [2.24, 2.45) is 0 Å². The summed E-state index contributed by atoms with van der Waals surface area (Å²) >= 11 is 2.15. The third kappa shape index (κ3) is 5.55. The molecular formula is C10H22N2S. The lowest BCUT2D eigenvalue weighted by Gasteiger charge is -2.21. The van der Waals surface area contributed by atoms with E-state index in [2.05, 4.69) is 29.3 Å². The zero-order chi connectivity index (χ0) is 9.36. The third-order valence-corrected chi connectivity index (χ3v) is 3.73. The molecule has 0 aliphatic carbocycles. The number of nitrogens with one attached hydrogen (secondary N) is 2. The molecule has 1 fully saturated rings. The molecule has 1 rings (SSSR count). The molecule has 3 heteroatoms. The standard InChI is InChI=1S/C10H22N2S/c1-2-5-11-8-9-13-10-3-6-12-7-4-10/h10-12H,2-9H2,1H3. The summed E-state index contributed by atoms with van der Waals surface area (Å²) in [5.41, 5.74) is 0. The fraction of sp³-hybridized carbons (Fsp3) is 1.00. The Hall–Kier alpha value is 0.270. The number of hydrogen-bond acceptors (Lipinski definition) is 3. The lowest BCUT2D eigenvalue weighted by Crippen LogP contribution is -2.30. The van der Waals surface area contributed by atoms with Crippen LogP contribution in [-0.4, -0.2) is 37.2 Å². The highest BCUT2D eigenvalue weighted by molar-refractivity contribution is 7.99. The Labute approximate surface area is 86.2 Å². The second-order valence-corrected chi connectivity index (χ2v) is 4.98. The zero-order valence-electron chi connectivity index (χ0n) is 8.64. The highest BCUT2D eigenvalue weighted by Crippen LogP contribution is 2.19. The summed E-state index contributed by atoms with van der Waals surface area (Å²) in [6.45, 7) is 7.02. The fourth-order valence-electron chi connectivity index (χ4n) is 1.56. The molecule has 0 unspecified atom stereocenters. The van der Waals surface area contributed by atoms with Gasteiger partial charge < -0.3 is 10.6 Å². The van der Waals surface area contributed by atoms with Gasteiger partial charge >= 0.3 is 0 Å². The van der Waals surface area contributed by atoms with E-state index in [0.29, 0.717) is 0 Å². The maximum absolute atomic E-state index is 3.44. The minimum absolute atomic E-state index is 0.921. The van der Waals surface area contributed by atoms with Crippen LogP contribution in [0.15, 0.2) is 0 Å². The van der Waals surface area contributed by atoms with Gasteiger partial charge in [0, 0.05) is 17.5 Å². The van der Waals surface area contributed by atoms with Crippen LogP contribution >= 0.6 is 11.8 Å². The molecule has 1 aliphatic rings. The predicted molar refractivity (Wildman–Crippen MR) is 61.5 cm³/mol. The number of hydrogen-bond donors (Lipinski definition) is 2. The van der Waals surface area contributed by atoms with Crippen LogP contribution in [-0.2, 0) is 0 Å². The van der Waals surface area contributed by atoms with E-state index in [1.54, 1.807) is 0 Å². The number of thioether (sulfide) groups is 1. The second-order valence-electron chi connectivity index (χ2n) is 3.57. The van der Waals surface area contributed by atoms with Crippen LogP contribution < -0.4 is 10.6 Å². The van der Waals surface area contributed by atoms with Crippen molar-refractivity contribution in [1.29, 1.82) is 0 Å². The van der Waals surface area contributed by atoms with Crippen molar-refractivity contribution < 1.29 is 0 Å². The van der Waals surface area contributed by atoms with Gasteiger partial charge in [-0.2, -0.15) is 11.8 Å². The van der Waals surface area contributed by atoms with Crippen LogP contribution in [0.2, 0.25) is 0 Å². The predicted octanol–water partition coefficient (Wildman–Crippen LogP) is 1.47. The molecule has 2 nitrogen and oxygen atoms in total. The van der Waals surface area contributed by atoms with Gasteiger partial charge in [-0.15, -0.1) is 0 Å². The van der Waals surface area contributed by atoms with Crippen molar-refractivity contribution in [1.82, 2.24) is 10.6 Å². The Balaban J connectivity index is 1.86. The van der Waals surface area contributed by atoms with Crippen LogP contribution in [0.1, 0.15) is 26.2 Å². The first kappa shape index (κ1) is 11.3. The van der Waals surface area contributed by atoms with Gasteiger partial charge in [0.05, 0.1) is 0 Å². The Morgan fingerprint density at radius 2 is 2.08 bits per heavy atom. The van der Waals surface area contributed by atoms with Crippen molar-refractivity contribution in [3.05, 3.63) is 0 Å². The summed E-state index contributed by atoms with van der Waals surface area (Å²) in [7, 11) is 0. The van der Waals surface area contributed by atoms with Crippen molar-refractivity contribution in [3.63, 3.8) is 0 Å². The Morgan fingerprint density at radius 1 is 1.31 bits per heavy atom. The largest absolute Gasteiger partial charge is 0.317 e. The van der Waals surface area contributed by atoms with E-state index in [-0.39, 0.29) is 0 Å². The van der Waals surface area contributed by atoms with Gasteiger partial charge in [0.2, 0.25) is 0 Å². The van der Waals surface area contributed by atoms with E-state index in [1.165, 1.54) is 51.2 Å². The average Bonchev–Trinajstić information content (AvgIpc) is 2.19. The van der Waals surface area contributed by atoms with Gasteiger partial charge in [-0.1, -0.05) is 6.92 Å². The molecule has 0 radical (unpaired) electrons. The topological polar surface area (TPSA) is 24.1 Å². The van der Waals surface area contributed by atoms with Gasteiger partial charge in [-0.3, -0.25) is 0 Å². The summed E-state index contributed by atoms with van der Waals surface area (Å²) in [5, 5.41) is 7.76. The third-order valence-electron chi connectivity index (χ3n) is 2.35. The van der Waals surface area contributed by atoms with Crippen LogP contribution in [0.3, 0.4) is 0 Å². The van der Waals surface area contributed by atoms with E-state index in [1.807, 2.05) is 0 Å². The summed E-state index contributed by atoms with van der Waals surface area (Å²) in [6, 6.07) is 0. The molecule has 0 aromatic rings. The van der Waals surface area contributed by atoms with Crippen LogP contribution in [0.25, 0.3) is 0 Å². The molecule has 1 aliphatic heterocycles. The lowest BCUT2D eigenvalue weighted by molar-refractivity contribution is 0.531. The second kappa shape index (κ2) is 7.65. The van der Waals surface area contributed by atoms with E-state index in [4.69, 9.17) is 0 Å². The smallest absolute Gasteiger partial charge is 0.00716 e. The van der Waals surface area contributed by atoms with Crippen molar-refractivity contribution >= 4 is 11.8 Å². The molecule has 78 valence electrons. The van der Waals surface area contributed by atoms with Crippen molar-refractivity contribution in [2.45, 2.75) is 31.4 Å². The molecular weight excluding hydrogens is 180 g/mol. The molecule has 0 aromatic carbocycles. The molecule has 2 N–H and O–H groups in total. The highest BCUT2D eigenvalue weighted by atomic mass is 32.2. The van der Waals surface area contributed by atoms with Crippen molar-refractivity contribution in [3.8, 4) is 0 Å². The number of rotatable bonds is 6. The SMILES string of the molecule is CCCNCCSC1CCNCC1. The molecule has 0 aromatic heterocycles. The summed E-state index contributed by atoms with van der Waals surface area (Å²) in [5.74, 6) is 1.28. The first-order chi connectivity index (χ1) is 6.43. The Kier molecular flexibility index (Phi) is 6.68. The molecule has 0 atom stereocenters. The van der Waals surface area contributed by atoms with Crippen LogP contribution in [0, 0.1) is 0 Å². The van der Waals surface area contributed by atoms with Crippen LogP contribution in [0.4, 0.5) is 0 Å². The lowest BCUT2D eigenvalue weighted by atomic mass is 10.2. The molecule has 0 spiro atoms. The minimum atomic E-state index is 0.921. The normalized spacial score (nSPS) is 19.2. The first-order valence-electron chi connectivity index (χ1n) is 5.46. The van der Waals surface area contributed by atoms with Crippen LogP contribution in [0.5, 0.6) is 0 Å². The maximum Gasteiger partial charge on any atom is 0.00716 e. The molecule has 0 amide bonds. The monoisotopic (exact) mass is 202 g/mol. The molecule has 0 saturated carbocycles. The van der Waals surface area contributed by atoms with E-state index >= 15 is 0 Å². The minimum Gasteiger partial charge on any atom is -0.317 e. The van der Waals surface area contributed by atoms with E-state index in [0.717, 1.165) is 5.25 Å². The fourth-order valence-corrected chi connectivity index (χ4v) is 2.73. The molecule has 1 saturated heterocycles. The van der Waals surface area contributed by atoms with Gasteiger partial charge in [0.15, 0.2) is 0 Å². The molecule has 1 heterocycles. The maximum atomic E-state index is 3.44. The summed E-state index contributed by atoms with van der Waals surface area (Å²) in [6.07, 6.45) is 3.97. The Morgan fingerprint density at radius 3 is 2.77 bits per heavy atom. The summed E-state index contributed by atoms with van der Waals surface area (Å²) < 4.78 is 0. The summed E-state index contributed by atoms with van der Waals surface area (Å²) in [4.78, 5) is 0. The van der Waals surface area contributed by atoms with Gasteiger partial charge in [-0.05, 0) is 38.9 Å². The first-order valence-corrected chi connectivity index (χ1v) is 6.51. The highest BCUT2D eigenvalue weighted by Gasteiger charge is 2.12. The van der Waals surface area contributed by atoms with E-state index < -0.39 is 0 Å². The number of piperidine rings is 1. The van der Waals surface area contributed by atoms with E-state index in [9.17, 15) is 0 Å². The Bertz CT molecular complexity index is 113. The van der Waals surface area contributed by atoms with Gasteiger partial charge in [-0.25, -0.2) is 0 Å². The molecule has 0 bridgehead atoms. The van der Waals surface area contributed by atoms with Crippen molar-refractivity contribution in [2.75, 3.05) is 31.9 Å².